The lowest BCUT2D eigenvalue weighted by Crippen LogP contribution is -2.45. The Labute approximate surface area is 162 Å². The van der Waals surface area contributed by atoms with Crippen LogP contribution in [-0.2, 0) is 6.54 Å². The van der Waals surface area contributed by atoms with Crippen molar-refractivity contribution in [1.82, 2.24) is 20.4 Å². The van der Waals surface area contributed by atoms with Crippen LogP contribution >= 0.6 is 11.3 Å². The molecule has 0 spiro atoms. The van der Waals surface area contributed by atoms with E-state index in [1.54, 1.807) is 0 Å². The topological polar surface area (TPSA) is 42.9 Å². The molecule has 1 aromatic rings. The number of piperidine rings is 2. The zero-order valence-corrected chi connectivity index (χ0v) is 17.1. The third kappa shape index (κ3) is 6.56. The Bertz CT molecular complexity index is 516. The minimum Gasteiger partial charge on any atom is -0.356 e. The largest absolute Gasteiger partial charge is 0.356 e. The molecule has 0 bridgehead atoms. The summed E-state index contributed by atoms with van der Waals surface area (Å²) in [6.07, 6.45) is 6.68. The summed E-state index contributed by atoms with van der Waals surface area (Å²) in [6, 6.07) is 4.40. The monoisotopic (exact) mass is 377 g/mol. The number of nitrogens with zero attached hydrogens (tertiary/aromatic N) is 3. The quantitative estimate of drug-likeness (QED) is 0.566. The van der Waals surface area contributed by atoms with Gasteiger partial charge >= 0.3 is 0 Å². The van der Waals surface area contributed by atoms with Crippen LogP contribution in [0.3, 0.4) is 0 Å². The highest BCUT2D eigenvalue weighted by molar-refractivity contribution is 7.09. The zero-order chi connectivity index (χ0) is 18.0. The maximum absolute atomic E-state index is 4.39. The van der Waals surface area contributed by atoms with Gasteiger partial charge in [0.15, 0.2) is 5.96 Å². The molecule has 0 amide bonds. The van der Waals surface area contributed by atoms with E-state index in [-0.39, 0.29) is 0 Å². The summed E-state index contributed by atoms with van der Waals surface area (Å²) in [7, 11) is 1.87. The standard InChI is InChI=1S/C20H35N5S/c1-21-20(22-9-14-24-10-3-2-4-11-24)23-16-18-7-12-25(13-8-18)17-19-6-5-15-26-19/h5-6,15,18H,2-4,7-14,16-17H2,1H3,(H2,21,22,23). The van der Waals surface area contributed by atoms with Crippen molar-refractivity contribution in [1.29, 1.82) is 0 Å². The molecular weight excluding hydrogens is 342 g/mol. The molecule has 6 heteroatoms. The van der Waals surface area contributed by atoms with Crippen LogP contribution in [0.15, 0.2) is 22.5 Å². The first-order valence-corrected chi connectivity index (χ1v) is 11.1. The predicted octanol–water partition coefficient (Wildman–Crippen LogP) is 2.61. The van der Waals surface area contributed by atoms with Crippen LogP contribution in [0.1, 0.15) is 37.0 Å². The van der Waals surface area contributed by atoms with Gasteiger partial charge in [0.1, 0.15) is 0 Å². The minimum absolute atomic E-state index is 0.759. The highest BCUT2D eigenvalue weighted by Crippen LogP contribution is 2.20. The number of guanidine groups is 1. The number of aliphatic imine (C=N–C) groups is 1. The molecule has 2 saturated heterocycles. The Morgan fingerprint density at radius 2 is 1.92 bits per heavy atom. The highest BCUT2D eigenvalue weighted by atomic mass is 32.1. The molecule has 0 atom stereocenters. The predicted molar refractivity (Wildman–Crippen MR) is 112 cm³/mol. The fourth-order valence-electron chi connectivity index (χ4n) is 3.95. The van der Waals surface area contributed by atoms with E-state index in [1.807, 2.05) is 18.4 Å². The molecule has 0 radical (unpaired) electrons. The molecular formula is C20H35N5S. The second kappa shape index (κ2) is 10.9. The maximum Gasteiger partial charge on any atom is 0.191 e. The zero-order valence-electron chi connectivity index (χ0n) is 16.3. The van der Waals surface area contributed by atoms with Crippen molar-refractivity contribution in [3.05, 3.63) is 22.4 Å². The number of likely N-dealkylation sites (tertiary alicyclic amines) is 2. The Balaban J connectivity index is 1.28. The van der Waals surface area contributed by atoms with Crippen LogP contribution < -0.4 is 10.6 Å². The van der Waals surface area contributed by atoms with Crippen molar-refractivity contribution < 1.29 is 0 Å². The molecule has 0 saturated carbocycles. The first-order valence-electron chi connectivity index (χ1n) is 10.2. The Morgan fingerprint density at radius 3 is 2.62 bits per heavy atom. The fraction of sp³-hybridized carbons (Fsp3) is 0.750. The van der Waals surface area contributed by atoms with E-state index >= 15 is 0 Å². The van der Waals surface area contributed by atoms with E-state index in [2.05, 4.69) is 42.9 Å². The molecule has 2 N–H and O–H groups in total. The molecule has 0 aliphatic carbocycles. The van der Waals surface area contributed by atoms with Gasteiger partial charge in [-0.15, -0.1) is 11.3 Å². The summed E-state index contributed by atoms with van der Waals surface area (Å²) in [5.41, 5.74) is 0. The van der Waals surface area contributed by atoms with Crippen molar-refractivity contribution in [2.24, 2.45) is 10.9 Å². The minimum atomic E-state index is 0.759. The van der Waals surface area contributed by atoms with Crippen LogP contribution in [0.25, 0.3) is 0 Å². The molecule has 26 heavy (non-hydrogen) atoms. The lowest BCUT2D eigenvalue weighted by molar-refractivity contribution is 0.179. The van der Waals surface area contributed by atoms with Gasteiger partial charge < -0.3 is 15.5 Å². The molecule has 2 fully saturated rings. The van der Waals surface area contributed by atoms with E-state index in [4.69, 9.17) is 0 Å². The number of thiophene rings is 1. The van der Waals surface area contributed by atoms with Crippen molar-refractivity contribution in [2.45, 2.75) is 38.6 Å². The van der Waals surface area contributed by atoms with Gasteiger partial charge in [-0.05, 0) is 69.2 Å². The fourth-order valence-corrected chi connectivity index (χ4v) is 4.69. The van der Waals surface area contributed by atoms with Crippen LogP contribution in [0.4, 0.5) is 0 Å². The van der Waals surface area contributed by atoms with E-state index in [0.29, 0.717) is 0 Å². The molecule has 0 aromatic carbocycles. The number of rotatable bonds is 7. The van der Waals surface area contributed by atoms with Gasteiger partial charge in [-0.1, -0.05) is 12.5 Å². The Hall–Kier alpha value is -1.11. The molecule has 1 aromatic heterocycles. The summed E-state index contributed by atoms with van der Waals surface area (Å²) in [5, 5.41) is 9.20. The van der Waals surface area contributed by atoms with E-state index in [0.717, 1.165) is 38.1 Å². The number of hydrogen-bond acceptors (Lipinski definition) is 4. The Morgan fingerprint density at radius 1 is 1.12 bits per heavy atom. The number of nitrogens with one attached hydrogen (secondary N) is 2. The first kappa shape index (κ1) is 19.6. The molecule has 3 heterocycles. The second-order valence-electron chi connectivity index (χ2n) is 7.58. The van der Waals surface area contributed by atoms with Crippen molar-refractivity contribution in [3.8, 4) is 0 Å². The third-order valence-corrected chi connectivity index (χ3v) is 6.48. The molecule has 0 unspecified atom stereocenters. The average molecular weight is 378 g/mol. The third-order valence-electron chi connectivity index (χ3n) is 5.62. The van der Waals surface area contributed by atoms with E-state index in [1.165, 1.54) is 63.2 Å². The normalized spacial score (nSPS) is 21.0. The summed E-state index contributed by atoms with van der Waals surface area (Å²) >= 11 is 1.87. The van der Waals surface area contributed by atoms with Crippen LogP contribution in [-0.4, -0.2) is 68.6 Å². The number of hydrogen-bond donors (Lipinski definition) is 2. The van der Waals surface area contributed by atoms with Gasteiger partial charge in [-0.25, -0.2) is 0 Å². The van der Waals surface area contributed by atoms with E-state index < -0.39 is 0 Å². The van der Waals surface area contributed by atoms with Gasteiger partial charge in [0.25, 0.3) is 0 Å². The van der Waals surface area contributed by atoms with Crippen LogP contribution in [0.2, 0.25) is 0 Å². The van der Waals surface area contributed by atoms with Gasteiger partial charge in [0.05, 0.1) is 0 Å². The summed E-state index contributed by atoms with van der Waals surface area (Å²) < 4.78 is 0. The molecule has 3 rings (SSSR count). The van der Waals surface area contributed by atoms with Gasteiger partial charge in [0, 0.05) is 38.1 Å². The van der Waals surface area contributed by atoms with Crippen molar-refractivity contribution in [2.75, 3.05) is 52.9 Å². The van der Waals surface area contributed by atoms with Crippen LogP contribution in [0, 0.1) is 5.92 Å². The van der Waals surface area contributed by atoms with Gasteiger partial charge in [-0.2, -0.15) is 0 Å². The van der Waals surface area contributed by atoms with Gasteiger partial charge in [0.2, 0.25) is 0 Å². The van der Waals surface area contributed by atoms with Crippen molar-refractivity contribution in [3.63, 3.8) is 0 Å². The SMILES string of the molecule is CN=C(NCCN1CCCCC1)NCC1CCN(Cc2cccs2)CC1. The Kier molecular flexibility index (Phi) is 8.24. The summed E-state index contributed by atoms with van der Waals surface area (Å²) in [6.45, 7) is 9.22. The van der Waals surface area contributed by atoms with Crippen molar-refractivity contribution >= 4 is 17.3 Å². The average Bonchev–Trinajstić information content (AvgIpc) is 3.19. The summed E-state index contributed by atoms with van der Waals surface area (Å²) in [4.78, 5) is 11.0. The van der Waals surface area contributed by atoms with Crippen LogP contribution in [0.5, 0.6) is 0 Å². The first-order chi connectivity index (χ1) is 12.8. The summed E-state index contributed by atoms with van der Waals surface area (Å²) in [5.74, 6) is 1.72. The highest BCUT2D eigenvalue weighted by Gasteiger charge is 2.19. The molecule has 146 valence electrons. The maximum atomic E-state index is 4.39. The molecule has 5 nitrogen and oxygen atoms in total. The lowest BCUT2D eigenvalue weighted by Gasteiger charge is -2.32. The second-order valence-corrected chi connectivity index (χ2v) is 8.61. The smallest absolute Gasteiger partial charge is 0.191 e. The van der Waals surface area contributed by atoms with E-state index in [9.17, 15) is 0 Å². The molecule has 2 aliphatic heterocycles. The molecule has 2 aliphatic rings. The van der Waals surface area contributed by atoms with Gasteiger partial charge in [-0.3, -0.25) is 9.89 Å². The lowest BCUT2D eigenvalue weighted by atomic mass is 9.97.